The number of carbonyl (C=O) groups is 1. The van der Waals surface area contributed by atoms with Crippen LogP contribution in [0.4, 0.5) is 5.69 Å². The van der Waals surface area contributed by atoms with Gasteiger partial charge in [-0.1, -0.05) is 11.6 Å². The van der Waals surface area contributed by atoms with E-state index < -0.39 is 0 Å². The number of quaternary nitrogens is 1. The first kappa shape index (κ1) is 21.1. The third kappa shape index (κ3) is 6.15. The monoisotopic (exact) mass is 391 g/mol. The van der Waals surface area contributed by atoms with Crippen LogP contribution in [0.3, 0.4) is 0 Å². The molecule has 146 valence electrons. The van der Waals surface area contributed by atoms with Crippen LogP contribution in [-0.2, 0) is 4.79 Å². The van der Waals surface area contributed by atoms with Crippen LogP contribution in [0.15, 0.2) is 42.5 Å². The fourth-order valence-corrected chi connectivity index (χ4v) is 2.90. The number of nitrogens with one attached hydrogen (secondary N) is 1. The van der Waals surface area contributed by atoms with Crippen LogP contribution in [-0.4, -0.2) is 25.2 Å². The fourth-order valence-electron chi connectivity index (χ4n) is 2.77. The van der Waals surface area contributed by atoms with E-state index in [1.54, 1.807) is 24.3 Å². The molecule has 0 aliphatic rings. The van der Waals surface area contributed by atoms with Crippen molar-refractivity contribution in [3.8, 4) is 11.5 Å². The molecule has 0 radical (unpaired) electrons. The van der Waals surface area contributed by atoms with Gasteiger partial charge >= 0.3 is 0 Å². The van der Waals surface area contributed by atoms with Crippen LogP contribution < -0.4 is 20.1 Å². The molecule has 0 heterocycles. The molecule has 0 saturated carbocycles. The zero-order valence-electron chi connectivity index (χ0n) is 16.3. The van der Waals surface area contributed by atoms with Crippen molar-refractivity contribution in [3.63, 3.8) is 0 Å². The number of ether oxygens (including phenoxy) is 2. The molecular formula is C21H28ClN2O3+. The Morgan fingerprint density at radius 3 is 2.30 bits per heavy atom. The SMILES string of the molecule is CCOc1ccc([C@H](C)[NH2+][C@H](C)C(=O)Nc2ccc(Cl)cc2)cc1OCC. The van der Waals surface area contributed by atoms with E-state index in [2.05, 4.69) is 12.2 Å². The van der Waals surface area contributed by atoms with Gasteiger partial charge in [0.25, 0.3) is 5.91 Å². The first-order valence-electron chi connectivity index (χ1n) is 9.25. The lowest BCUT2D eigenvalue weighted by Gasteiger charge is -2.18. The smallest absolute Gasteiger partial charge is 0.282 e. The van der Waals surface area contributed by atoms with Crippen LogP contribution in [0, 0.1) is 0 Å². The van der Waals surface area contributed by atoms with Crippen molar-refractivity contribution in [3.05, 3.63) is 53.1 Å². The van der Waals surface area contributed by atoms with Crippen molar-refractivity contribution in [1.29, 1.82) is 0 Å². The molecule has 0 bridgehead atoms. The molecule has 1 amide bonds. The maximum atomic E-state index is 12.5. The Morgan fingerprint density at radius 1 is 1.04 bits per heavy atom. The predicted molar refractivity (Wildman–Crippen MR) is 109 cm³/mol. The van der Waals surface area contributed by atoms with Crippen molar-refractivity contribution >= 4 is 23.2 Å². The Labute approximate surface area is 166 Å². The molecule has 0 unspecified atom stereocenters. The third-order valence-corrected chi connectivity index (χ3v) is 4.45. The highest BCUT2D eigenvalue weighted by Crippen LogP contribution is 2.30. The highest BCUT2D eigenvalue weighted by Gasteiger charge is 2.21. The molecule has 3 N–H and O–H groups in total. The van der Waals surface area contributed by atoms with E-state index in [1.165, 1.54) is 0 Å². The average molecular weight is 392 g/mol. The topological polar surface area (TPSA) is 64.2 Å². The molecule has 2 aromatic rings. The molecular weight excluding hydrogens is 364 g/mol. The number of benzene rings is 2. The number of halogens is 1. The van der Waals surface area contributed by atoms with Gasteiger partial charge < -0.3 is 20.1 Å². The van der Waals surface area contributed by atoms with E-state index in [1.807, 2.05) is 44.3 Å². The van der Waals surface area contributed by atoms with E-state index in [4.69, 9.17) is 21.1 Å². The Bertz CT molecular complexity index is 750. The first-order valence-corrected chi connectivity index (χ1v) is 9.63. The van der Waals surface area contributed by atoms with Crippen LogP contribution in [0.1, 0.15) is 39.3 Å². The summed E-state index contributed by atoms with van der Waals surface area (Å²) in [7, 11) is 0. The van der Waals surface area contributed by atoms with Gasteiger partial charge in [-0.2, -0.15) is 0 Å². The largest absolute Gasteiger partial charge is 0.490 e. The van der Waals surface area contributed by atoms with E-state index in [0.717, 1.165) is 22.7 Å². The van der Waals surface area contributed by atoms with Gasteiger partial charge in [-0.25, -0.2) is 0 Å². The summed E-state index contributed by atoms with van der Waals surface area (Å²) in [6.45, 7) is 9.00. The van der Waals surface area contributed by atoms with E-state index >= 15 is 0 Å². The number of anilines is 1. The van der Waals surface area contributed by atoms with Crippen LogP contribution in [0.5, 0.6) is 11.5 Å². The van der Waals surface area contributed by atoms with Crippen molar-refractivity contribution in [1.82, 2.24) is 0 Å². The Hall–Kier alpha value is -2.24. The van der Waals surface area contributed by atoms with Gasteiger partial charge in [0, 0.05) is 16.3 Å². The molecule has 2 aromatic carbocycles. The minimum atomic E-state index is -0.252. The van der Waals surface area contributed by atoms with Crippen molar-refractivity contribution in [2.45, 2.75) is 39.8 Å². The summed E-state index contributed by atoms with van der Waals surface area (Å²) in [6, 6.07) is 12.8. The normalized spacial score (nSPS) is 12.9. The van der Waals surface area contributed by atoms with Crippen molar-refractivity contribution < 1.29 is 19.6 Å². The van der Waals surface area contributed by atoms with Gasteiger partial charge in [0.2, 0.25) is 0 Å². The van der Waals surface area contributed by atoms with E-state index in [9.17, 15) is 4.79 Å². The minimum absolute atomic E-state index is 0.0554. The molecule has 0 spiro atoms. The van der Waals surface area contributed by atoms with E-state index in [-0.39, 0.29) is 18.0 Å². The summed E-state index contributed by atoms with van der Waals surface area (Å²) in [5.41, 5.74) is 1.81. The number of hydrogen-bond donors (Lipinski definition) is 2. The fraction of sp³-hybridized carbons (Fsp3) is 0.381. The highest BCUT2D eigenvalue weighted by atomic mass is 35.5. The van der Waals surface area contributed by atoms with Crippen molar-refractivity contribution in [2.75, 3.05) is 18.5 Å². The molecule has 2 rings (SSSR count). The number of amides is 1. The summed E-state index contributed by atoms with van der Waals surface area (Å²) in [6.07, 6.45) is 0. The highest BCUT2D eigenvalue weighted by molar-refractivity contribution is 6.30. The molecule has 5 nitrogen and oxygen atoms in total. The number of nitrogens with two attached hydrogens (primary N) is 1. The molecule has 2 atom stereocenters. The van der Waals surface area contributed by atoms with Gasteiger partial charge in [0.05, 0.1) is 13.2 Å². The second kappa shape index (κ2) is 10.2. The second-order valence-corrected chi connectivity index (χ2v) is 6.77. The van der Waals surface area contributed by atoms with Gasteiger partial charge in [0.15, 0.2) is 17.5 Å². The van der Waals surface area contributed by atoms with Crippen LogP contribution in [0.25, 0.3) is 0 Å². The van der Waals surface area contributed by atoms with Crippen molar-refractivity contribution in [2.24, 2.45) is 0 Å². The molecule has 0 aliphatic carbocycles. The molecule has 0 aliphatic heterocycles. The third-order valence-electron chi connectivity index (χ3n) is 4.20. The summed E-state index contributed by atoms with van der Waals surface area (Å²) >= 11 is 5.88. The lowest BCUT2D eigenvalue weighted by Crippen LogP contribution is -2.91. The average Bonchev–Trinajstić information content (AvgIpc) is 2.65. The zero-order valence-corrected chi connectivity index (χ0v) is 17.0. The lowest BCUT2D eigenvalue weighted by molar-refractivity contribution is -0.709. The predicted octanol–water partition coefficient (Wildman–Crippen LogP) is 3.79. The summed E-state index contributed by atoms with van der Waals surface area (Å²) in [5.74, 6) is 1.42. The van der Waals surface area contributed by atoms with Gasteiger partial charge in [-0.3, -0.25) is 4.79 Å². The maximum Gasteiger partial charge on any atom is 0.282 e. The first-order chi connectivity index (χ1) is 12.9. The Balaban J connectivity index is 2.02. The standard InChI is InChI=1S/C21H27ClN2O3/c1-5-26-19-12-7-16(13-20(19)27-6-2)14(3)23-15(4)21(25)24-18-10-8-17(22)9-11-18/h7-15,23H,5-6H2,1-4H3,(H,24,25)/p+1/t14-,15+/m0/s1. The molecule has 27 heavy (non-hydrogen) atoms. The molecule has 0 aromatic heterocycles. The van der Waals surface area contributed by atoms with Crippen LogP contribution in [0.2, 0.25) is 5.02 Å². The lowest BCUT2D eigenvalue weighted by atomic mass is 10.1. The second-order valence-electron chi connectivity index (χ2n) is 6.34. The quantitative estimate of drug-likeness (QED) is 0.683. The minimum Gasteiger partial charge on any atom is -0.490 e. The summed E-state index contributed by atoms with van der Waals surface area (Å²) < 4.78 is 11.3. The molecule has 0 saturated heterocycles. The molecule has 6 heteroatoms. The number of carbonyl (C=O) groups excluding carboxylic acids is 1. The Morgan fingerprint density at radius 2 is 1.67 bits per heavy atom. The molecule has 0 fully saturated rings. The van der Waals surface area contributed by atoms with Gasteiger partial charge in [-0.05, 0) is 70.2 Å². The van der Waals surface area contributed by atoms with Crippen LogP contribution >= 0.6 is 11.6 Å². The summed E-state index contributed by atoms with van der Waals surface area (Å²) in [4.78, 5) is 12.5. The number of rotatable bonds is 9. The summed E-state index contributed by atoms with van der Waals surface area (Å²) in [5, 5.41) is 5.57. The van der Waals surface area contributed by atoms with Gasteiger partial charge in [-0.15, -0.1) is 0 Å². The Kier molecular flexibility index (Phi) is 7.95. The number of hydrogen-bond acceptors (Lipinski definition) is 3. The maximum absolute atomic E-state index is 12.5. The van der Waals surface area contributed by atoms with Gasteiger partial charge in [0.1, 0.15) is 6.04 Å². The van der Waals surface area contributed by atoms with E-state index in [0.29, 0.717) is 18.2 Å². The zero-order chi connectivity index (χ0) is 19.8.